The van der Waals surface area contributed by atoms with E-state index < -0.39 is 11.7 Å². The molecule has 1 aliphatic rings. The second kappa shape index (κ2) is 8.38. The molecule has 2 heterocycles. The Morgan fingerprint density at radius 3 is 2.53 bits per heavy atom. The van der Waals surface area contributed by atoms with Gasteiger partial charge in [-0.25, -0.2) is 9.37 Å². The van der Waals surface area contributed by atoms with Crippen molar-refractivity contribution in [2.24, 2.45) is 24.4 Å². The Kier molecular flexibility index (Phi) is 5.77. The van der Waals surface area contributed by atoms with Gasteiger partial charge in [0.15, 0.2) is 11.6 Å². The highest BCUT2D eigenvalue weighted by molar-refractivity contribution is 5.99. The average Bonchev–Trinajstić information content (AvgIpc) is 3.50. The summed E-state index contributed by atoms with van der Waals surface area (Å²) in [5.74, 6) is -0.521. The molecule has 8 nitrogen and oxygen atoms in total. The summed E-state index contributed by atoms with van der Waals surface area (Å²) in [5.41, 5.74) is 14.3. The highest BCUT2D eigenvalue weighted by Gasteiger charge is 2.34. The van der Waals surface area contributed by atoms with Crippen molar-refractivity contribution in [2.45, 2.75) is 51.6 Å². The number of aromatic nitrogens is 3. The molecule has 32 heavy (non-hydrogen) atoms. The van der Waals surface area contributed by atoms with Gasteiger partial charge in [0.05, 0.1) is 16.8 Å². The van der Waals surface area contributed by atoms with Gasteiger partial charge in [-0.1, -0.05) is 13.8 Å². The quantitative estimate of drug-likeness (QED) is 0.425. The van der Waals surface area contributed by atoms with Crippen LogP contribution in [-0.4, -0.2) is 32.8 Å². The average molecular weight is 440 g/mol. The molecule has 6 N–H and O–H groups in total. The molecule has 0 bridgehead atoms. The molecule has 0 unspecified atom stereocenters. The number of hydrogen-bond acceptors (Lipinski definition) is 6. The second-order valence-electron chi connectivity index (χ2n) is 8.97. The fourth-order valence-corrected chi connectivity index (χ4v) is 4.10. The molecule has 0 spiro atoms. The van der Waals surface area contributed by atoms with Crippen LogP contribution in [-0.2, 0) is 7.05 Å². The topological polar surface area (TPSA) is 124 Å². The van der Waals surface area contributed by atoms with Crippen LogP contribution in [0.3, 0.4) is 0 Å². The number of halogens is 1. The zero-order chi connectivity index (χ0) is 23.2. The molecule has 2 atom stereocenters. The van der Waals surface area contributed by atoms with E-state index in [0.717, 1.165) is 35.5 Å². The Labute approximate surface area is 186 Å². The SMILES string of the molecule is CC(C)c1nn(C)c2ccc(Nc3nc(N[C@H](C4CC4)[C@H](C)N)c(F)cc3C(N)=O)cc12. The lowest BCUT2D eigenvalue weighted by Gasteiger charge is -2.23. The van der Waals surface area contributed by atoms with Crippen LogP contribution in [0.25, 0.3) is 10.9 Å². The minimum absolute atomic E-state index is 0.0211. The Morgan fingerprint density at radius 2 is 1.94 bits per heavy atom. The van der Waals surface area contributed by atoms with E-state index in [1.165, 1.54) is 0 Å². The summed E-state index contributed by atoms with van der Waals surface area (Å²) >= 11 is 0. The number of primary amides is 1. The van der Waals surface area contributed by atoms with E-state index in [9.17, 15) is 9.18 Å². The maximum absolute atomic E-state index is 14.8. The van der Waals surface area contributed by atoms with Gasteiger partial charge in [-0.2, -0.15) is 5.10 Å². The van der Waals surface area contributed by atoms with E-state index in [1.807, 2.05) is 36.9 Å². The number of amides is 1. The zero-order valence-electron chi connectivity index (χ0n) is 18.8. The third kappa shape index (κ3) is 4.25. The lowest BCUT2D eigenvalue weighted by Crippen LogP contribution is -2.40. The molecule has 4 rings (SSSR count). The summed E-state index contributed by atoms with van der Waals surface area (Å²) < 4.78 is 16.6. The molecule has 1 amide bonds. The minimum Gasteiger partial charge on any atom is -0.365 e. The van der Waals surface area contributed by atoms with Crippen molar-refractivity contribution in [3.8, 4) is 0 Å². The number of fused-ring (bicyclic) bond motifs is 1. The van der Waals surface area contributed by atoms with E-state index in [2.05, 4.69) is 34.6 Å². The van der Waals surface area contributed by atoms with Gasteiger partial charge in [-0.3, -0.25) is 9.48 Å². The number of pyridine rings is 1. The Bertz CT molecular complexity index is 1160. The summed E-state index contributed by atoms with van der Waals surface area (Å²) in [6.07, 6.45) is 2.10. The number of anilines is 3. The van der Waals surface area contributed by atoms with Gasteiger partial charge in [0.1, 0.15) is 5.82 Å². The standard InChI is InChI=1S/C23H30FN7O/c1-11(2)19-15-9-14(7-8-18(15)31(4)30-19)27-22-16(21(26)32)10-17(24)23(29-22)28-20(12(3)25)13-5-6-13/h7-13,20H,5-6,25H2,1-4H3,(H2,26,32)(H2,27,28,29)/t12-,20-/m0/s1. The maximum atomic E-state index is 14.8. The lowest BCUT2D eigenvalue weighted by atomic mass is 10.1. The number of carbonyl (C=O) groups excluding carboxylic acids is 1. The number of nitrogens with zero attached hydrogens (tertiary/aromatic N) is 3. The largest absolute Gasteiger partial charge is 0.365 e. The normalized spacial score (nSPS) is 15.7. The molecule has 1 aromatic carbocycles. The number of carbonyl (C=O) groups is 1. The van der Waals surface area contributed by atoms with Crippen LogP contribution >= 0.6 is 0 Å². The highest BCUT2D eigenvalue weighted by Crippen LogP contribution is 2.36. The summed E-state index contributed by atoms with van der Waals surface area (Å²) in [6.45, 7) is 6.06. The first-order valence-corrected chi connectivity index (χ1v) is 10.9. The van der Waals surface area contributed by atoms with Crippen LogP contribution in [0.4, 0.5) is 21.7 Å². The Balaban J connectivity index is 1.72. The predicted octanol–water partition coefficient (Wildman–Crippen LogP) is 3.61. The molecule has 3 aromatic rings. The van der Waals surface area contributed by atoms with E-state index in [1.54, 1.807) is 0 Å². The Hall–Kier alpha value is -3.20. The monoisotopic (exact) mass is 439 g/mol. The van der Waals surface area contributed by atoms with E-state index in [-0.39, 0.29) is 35.2 Å². The number of benzene rings is 1. The highest BCUT2D eigenvalue weighted by atomic mass is 19.1. The Morgan fingerprint density at radius 1 is 1.22 bits per heavy atom. The molecule has 170 valence electrons. The fourth-order valence-electron chi connectivity index (χ4n) is 4.10. The van der Waals surface area contributed by atoms with Crippen molar-refractivity contribution in [2.75, 3.05) is 10.6 Å². The number of nitrogens with one attached hydrogen (secondary N) is 2. The molecule has 1 fully saturated rings. The van der Waals surface area contributed by atoms with Crippen molar-refractivity contribution < 1.29 is 9.18 Å². The van der Waals surface area contributed by atoms with Crippen LogP contribution in [0.2, 0.25) is 0 Å². The van der Waals surface area contributed by atoms with E-state index >= 15 is 0 Å². The molecule has 0 saturated heterocycles. The number of aryl methyl sites for hydroxylation is 1. The molecule has 1 saturated carbocycles. The number of rotatable bonds is 8. The van der Waals surface area contributed by atoms with Crippen LogP contribution in [0.1, 0.15) is 55.6 Å². The number of nitrogens with two attached hydrogens (primary N) is 2. The van der Waals surface area contributed by atoms with Gasteiger partial charge in [0.2, 0.25) is 0 Å². The molecule has 0 aliphatic heterocycles. The first-order chi connectivity index (χ1) is 15.2. The van der Waals surface area contributed by atoms with E-state index in [0.29, 0.717) is 11.6 Å². The molecular weight excluding hydrogens is 409 g/mol. The van der Waals surface area contributed by atoms with Crippen LogP contribution in [0, 0.1) is 11.7 Å². The van der Waals surface area contributed by atoms with Gasteiger partial charge < -0.3 is 22.1 Å². The third-order valence-electron chi connectivity index (χ3n) is 5.93. The molecule has 1 aliphatic carbocycles. The molecule has 2 aromatic heterocycles. The van der Waals surface area contributed by atoms with Gasteiger partial charge in [0.25, 0.3) is 5.91 Å². The van der Waals surface area contributed by atoms with Crippen molar-refractivity contribution in [1.29, 1.82) is 0 Å². The van der Waals surface area contributed by atoms with Crippen molar-refractivity contribution in [3.05, 3.63) is 41.3 Å². The van der Waals surface area contributed by atoms with Gasteiger partial charge in [0, 0.05) is 30.2 Å². The summed E-state index contributed by atoms with van der Waals surface area (Å²) in [4.78, 5) is 16.4. The van der Waals surface area contributed by atoms with Crippen molar-refractivity contribution in [3.63, 3.8) is 0 Å². The lowest BCUT2D eigenvalue weighted by molar-refractivity contribution is 0.100. The molecule has 0 radical (unpaired) electrons. The third-order valence-corrected chi connectivity index (χ3v) is 5.93. The first kappa shape index (κ1) is 22.0. The predicted molar refractivity (Wildman–Crippen MR) is 125 cm³/mol. The summed E-state index contributed by atoms with van der Waals surface area (Å²) in [6, 6.07) is 6.63. The molecule has 9 heteroatoms. The fraction of sp³-hybridized carbons (Fsp3) is 0.435. The van der Waals surface area contributed by atoms with Crippen LogP contribution in [0.15, 0.2) is 24.3 Å². The van der Waals surface area contributed by atoms with Crippen molar-refractivity contribution >= 4 is 34.1 Å². The van der Waals surface area contributed by atoms with Gasteiger partial charge in [-0.15, -0.1) is 0 Å². The smallest absolute Gasteiger partial charge is 0.252 e. The molecular formula is C23H30FN7O. The van der Waals surface area contributed by atoms with E-state index in [4.69, 9.17) is 11.5 Å². The van der Waals surface area contributed by atoms with Gasteiger partial charge in [-0.05, 0) is 55.9 Å². The summed E-state index contributed by atoms with van der Waals surface area (Å²) in [5, 5.41) is 11.9. The first-order valence-electron chi connectivity index (χ1n) is 10.9. The van der Waals surface area contributed by atoms with Crippen LogP contribution in [0.5, 0.6) is 0 Å². The maximum Gasteiger partial charge on any atom is 0.252 e. The second-order valence-corrected chi connectivity index (χ2v) is 8.97. The van der Waals surface area contributed by atoms with Crippen LogP contribution < -0.4 is 22.1 Å². The minimum atomic E-state index is -0.762. The summed E-state index contributed by atoms with van der Waals surface area (Å²) in [7, 11) is 1.90. The van der Waals surface area contributed by atoms with Gasteiger partial charge >= 0.3 is 0 Å². The number of hydrogen-bond donors (Lipinski definition) is 4. The van der Waals surface area contributed by atoms with Crippen molar-refractivity contribution in [1.82, 2.24) is 14.8 Å². The zero-order valence-corrected chi connectivity index (χ0v) is 18.8.